The molecule has 1 amide bonds. The molecule has 1 aromatic carbocycles. The lowest BCUT2D eigenvalue weighted by Crippen LogP contribution is -2.44. The molecule has 11 heteroatoms. The highest BCUT2D eigenvalue weighted by atomic mass is 32.1. The number of hydrogen-bond donors (Lipinski definition) is 1. The van der Waals surface area contributed by atoms with Crippen LogP contribution in [-0.2, 0) is 10.9 Å². The third-order valence-corrected chi connectivity index (χ3v) is 6.26. The molecule has 1 fully saturated rings. The van der Waals surface area contributed by atoms with Gasteiger partial charge in [-0.05, 0) is 32.0 Å². The average molecular weight is 493 g/mol. The fraction of sp³-hybridized carbons (Fsp3) is 0.391. The van der Waals surface area contributed by atoms with E-state index in [1.165, 1.54) is 11.3 Å². The van der Waals surface area contributed by atoms with Gasteiger partial charge in [-0.15, -0.1) is 11.3 Å². The van der Waals surface area contributed by atoms with E-state index in [1.54, 1.807) is 25.3 Å². The Morgan fingerprint density at radius 1 is 1.21 bits per heavy atom. The number of hydrogen-bond acceptors (Lipinski definition) is 7. The SMILES string of the molecule is Cc1cnc(-c2cc(OCC3(C)COC3)cc(C(=O)NC(C)c3cnc(C(F)(F)F)nc3)c2)s1. The lowest BCUT2D eigenvalue weighted by atomic mass is 9.90. The summed E-state index contributed by atoms with van der Waals surface area (Å²) < 4.78 is 49.4. The molecule has 4 rings (SSSR count). The number of nitrogens with zero attached hydrogens (tertiary/aromatic N) is 3. The van der Waals surface area contributed by atoms with Crippen molar-refractivity contribution in [2.24, 2.45) is 5.41 Å². The van der Waals surface area contributed by atoms with Crippen molar-refractivity contribution in [1.82, 2.24) is 20.3 Å². The largest absolute Gasteiger partial charge is 0.493 e. The summed E-state index contributed by atoms with van der Waals surface area (Å²) in [4.78, 5) is 25.2. The Morgan fingerprint density at radius 2 is 1.91 bits per heavy atom. The molecule has 0 saturated carbocycles. The predicted octanol–water partition coefficient (Wildman–Crippen LogP) is 4.83. The Balaban J connectivity index is 1.54. The summed E-state index contributed by atoms with van der Waals surface area (Å²) in [5, 5.41) is 3.53. The van der Waals surface area contributed by atoms with Gasteiger partial charge in [-0.3, -0.25) is 4.79 Å². The molecule has 3 aromatic rings. The highest BCUT2D eigenvalue weighted by Crippen LogP contribution is 2.32. The Hall–Kier alpha value is -3.05. The normalized spacial score (nSPS) is 15.9. The van der Waals surface area contributed by atoms with Crippen molar-refractivity contribution in [1.29, 1.82) is 0 Å². The first-order chi connectivity index (χ1) is 16.0. The van der Waals surface area contributed by atoms with E-state index in [1.807, 2.05) is 13.0 Å². The summed E-state index contributed by atoms with van der Waals surface area (Å²) in [5.74, 6) is -1.12. The average Bonchev–Trinajstić information content (AvgIpc) is 3.22. The van der Waals surface area contributed by atoms with Crippen molar-refractivity contribution in [3.8, 4) is 16.3 Å². The smallest absolute Gasteiger partial charge is 0.451 e. The van der Waals surface area contributed by atoms with Crippen LogP contribution in [0.25, 0.3) is 10.6 Å². The summed E-state index contributed by atoms with van der Waals surface area (Å²) in [6.45, 7) is 7.31. The Kier molecular flexibility index (Phi) is 6.59. The zero-order valence-corrected chi connectivity index (χ0v) is 19.6. The van der Waals surface area contributed by atoms with Gasteiger partial charge < -0.3 is 14.8 Å². The van der Waals surface area contributed by atoms with Gasteiger partial charge in [0.2, 0.25) is 5.82 Å². The van der Waals surface area contributed by atoms with Gasteiger partial charge in [0.25, 0.3) is 5.91 Å². The van der Waals surface area contributed by atoms with Gasteiger partial charge >= 0.3 is 6.18 Å². The highest BCUT2D eigenvalue weighted by Gasteiger charge is 2.35. The Morgan fingerprint density at radius 3 is 2.47 bits per heavy atom. The van der Waals surface area contributed by atoms with Crippen molar-refractivity contribution in [3.63, 3.8) is 0 Å². The van der Waals surface area contributed by atoms with Gasteiger partial charge in [-0.2, -0.15) is 13.2 Å². The predicted molar refractivity (Wildman–Crippen MR) is 120 cm³/mol. The molecule has 1 atom stereocenters. The van der Waals surface area contributed by atoms with E-state index in [-0.39, 0.29) is 5.41 Å². The number of carbonyl (C=O) groups is 1. The molecular formula is C23H23F3N4O3S. The van der Waals surface area contributed by atoms with Crippen LogP contribution in [0.15, 0.2) is 36.8 Å². The molecule has 1 aliphatic rings. The third-order valence-electron chi connectivity index (χ3n) is 5.30. The van der Waals surface area contributed by atoms with Gasteiger partial charge in [0, 0.05) is 45.6 Å². The van der Waals surface area contributed by atoms with Gasteiger partial charge in [0.05, 0.1) is 25.9 Å². The topological polar surface area (TPSA) is 86.2 Å². The number of benzene rings is 1. The number of aryl methyl sites for hydroxylation is 1. The Labute approximate surface area is 198 Å². The third kappa shape index (κ3) is 5.53. The van der Waals surface area contributed by atoms with Crippen molar-refractivity contribution in [3.05, 3.63) is 58.6 Å². The first-order valence-electron chi connectivity index (χ1n) is 10.5. The lowest BCUT2D eigenvalue weighted by Gasteiger charge is -2.37. The fourth-order valence-electron chi connectivity index (χ4n) is 3.29. The van der Waals surface area contributed by atoms with E-state index in [0.717, 1.165) is 27.8 Å². The second kappa shape index (κ2) is 9.30. The van der Waals surface area contributed by atoms with Gasteiger partial charge in [-0.1, -0.05) is 6.92 Å². The molecule has 0 radical (unpaired) electrons. The summed E-state index contributed by atoms with van der Waals surface area (Å²) in [6.07, 6.45) is -0.748. The standard InChI is InChI=1S/C23H23F3N4O3S/c1-13-7-27-20(34-13)16-4-15(5-18(6-16)33-12-22(3)10-32-11-22)19(31)30-14(2)17-8-28-21(29-9-17)23(24,25)26/h4-9,14H,10-12H2,1-3H3,(H,30,31). The van der Waals surface area contributed by atoms with E-state index in [0.29, 0.717) is 36.7 Å². The van der Waals surface area contributed by atoms with E-state index in [2.05, 4.69) is 27.2 Å². The maximum Gasteiger partial charge on any atom is 0.451 e. The van der Waals surface area contributed by atoms with Gasteiger partial charge in [0.15, 0.2) is 0 Å². The Bertz CT molecular complexity index is 1180. The quantitative estimate of drug-likeness (QED) is 0.508. The van der Waals surface area contributed by atoms with Crippen LogP contribution >= 0.6 is 11.3 Å². The van der Waals surface area contributed by atoms with Gasteiger partial charge in [-0.25, -0.2) is 15.0 Å². The second-order valence-electron chi connectivity index (χ2n) is 8.65. The van der Waals surface area contributed by atoms with Crippen LogP contribution in [-0.4, -0.2) is 40.7 Å². The number of rotatable bonds is 7. The molecule has 2 aromatic heterocycles. The van der Waals surface area contributed by atoms with Crippen molar-refractivity contribution < 1.29 is 27.4 Å². The molecule has 1 aliphatic heterocycles. The number of thiazole rings is 1. The molecule has 0 spiro atoms. The van der Waals surface area contributed by atoms with Gasteiger partial charge in [0.1, 0.15) is 10.8 Å². The summed E-state index contributed by atoms with van der Waals surface area (Å²) in [6, 6.07) is 4.57. The summed E-state index contributed by atoms with van der Waals surface area (Å²) in [7, 11) is 0. The molecule has 1 saturated heterocycles. The molecule has 0 aliphatic carbocycles. The van der Waals surface area contributed by atoms with Crippen LogP contribution in [0, 0.1) is 12.3 Å². The summed E-state index contributed by atoms with van der Waals surface area (Å²) in [5.41, 5.74) is 1.35. The second-order valence-corrected chi connectivity index (χ2v) is 9.88. The van der Waals surface area contributed by atoms with Crippen LogP contribution in [0.4, 0.5) is 13.2 Å². The molecular weight excluding hydrogens is 469 g/mol. The first kappa shape index (κ1) is 24.1. The first-order valence-corrected chi connectivity index (χ1v) is 11.3. The number of ether oxygens (including phenoxy) is 2. The number of aromatic nitrogens is 3. The molecule has 7 nitrogen and oxygen atoms in total. The van der Waals surface area contributed by atoms with Crippen molar-refractivity contribution in [2.45, 2.75) is 33.0 Å². The molecule has 1 unspecified atom stereocenters. The van der Waals surface area contributed by atoms with Crippen LogP contribution in [0.2, 0.25) is 0 Å². The van der Waals surface area contributed by atoms with Crippen LogP contribution in [0.3, 0.4) is 0 Å². The molecule has 180 valence electrons. The number of amides is 1. The van der Waals surface area contributed by atoms with Crippen LogP contribution in [0.5, 0.6) is 5.75 Å². The van der Waals surface area contributed by atoms with Crippen molar-refractivity contribution >= 4 is 17.2 Å². The molecule has 0 bridgehead atoms. The zero-order chi connectivity index (χ0) is 24.5. The van der Waals surface area contributed by atoms with Crippen LogP contribution in [0.1, 0.15) is 46.5 Å². The lowest BCUT2D eigenvalue weighted by molar-refractivity contribution is -0.145. The number of alkyl halides is 3. The van der Waals surface area contributed by atoms with Crippen LogP contribution < -0.4 is 10.1 Å². The number of nitrogens with one attached hydrogen (secondary N) is 1. The van der Waals surface area contributed by atoms with E-state index in [9.17, 15) is 18.0 Å². The maximum absolute atomic E-state index is 13.0. The monoisotopic (exact) mass is 492 g/mol. The van der Waals surface area contributed by atoms with E-state index in [4.69, 9.17) is 9.47 Å². The number of halogens is 3. The minimum atomic E-state index is -4.63. The van der Waals surface area contributed by atoms with Crippen molar-refractivity contribution in [2.75, 3.05) is 19.8 Å². The maximum atomic E-state index is 13.0. The minimum Gasteiger partial charge on any atom is -0.493 e. The fourth-order valence-corrected chi connectivity index (χ4v) is 4.04. The molecule has 3 heterocycles. The minimum absolute atomic E-state index is 0.0761. The molecule has 34 heavy (non-hydrogen) atoms. The highest BCUT2D eigenvalue weighted by molar-refractivity contribution is 7.14. The van der Waals surface area contributed by atoms with E-state index < -0.39 is 23.9 Å². The molecule has 1 N–H and O–H groups in total. The summed E-state index contributed by atoms with van der Waals surface area (Å²) >= 11 is 1.50. The number of carbonyl (C=O) groups excluding carboxylic acids is 1. The zero-order valence-electron chi connectivity index (χ0n) is 18.8. The van der Waals surface area contributed by atoms with E-state index >= 15 is 0 Å².